The zero-order chi connectivity index (χ0) is 12.7. The summed E-state index contributed by atoms with van der Waals surface area (Å²) < 4.78 is 1.94. The Balaban J connectivity index is 2.27. The average Bonchev–Trinajstić information content (AvgIpc) is 2.74. The van der Waals surface area contributed by atoms with Crippen LogP contribution >= 0.6 is 11.6 Å². The molecule has 0 aliphatic carbocycles. The molecule has 3 rings (SSSR count). The van der Waals surface area contributed by atoms with E-state index in [9.17, 15) is 0 Å². The van der Waals surface area contributed by atoms with Gasteiger partial charge in [0.2, 0.25) is 0 Å². The van der Waals surface area contributed by atoms with Crippen LogP contribution < -0.4 is 0 Å². The van der Waals surface area contributed by atoms with Crippen LogP contribution in [0.2, 0.25) is 5.02 Å². The first kappa shape index (κ1) is 11.2. The number of hydrogen-bond donors (Lipinski definition) is 0. The van der Waals surface area contributed by atoms with Crippen LogP contribution in [0, 0.1) is 13.8 Å². The number of rotatable bonds is 1. The maximum atomic E-state index is 5.89. The van der Waals surface area contributed by atoms with Crippen LogP contribution in [-0.4, -0.2) is 19.6 Å². The third-order valence-electron chi connectivity index (χ3n) is 2.80. The predicted octanol–water partition coefficient (Wildman–Crippen LogP) is 3.06. The second-order valence-electron chi connectivity index (χ2n) is 4.20. The van der Waals surface area contributed by atoms with Crippen molar-refractivity contribution in [1.29, 1.82) is 0 Å². The second kappa shape index (κ2) is 4.07. The molecule has 0 radical (unpaired) electrons. The normalized spacial score (nSPS) is 11.1. The summed E-state index contributed by atoms with van der Waals surface area (Å²) in [6.07, 6.45) is 0. The number of nitrogens with zero attached hydrogens (tertiary/aromatic N) is 4. The topological polar surface area (TPSA) is 43.1 Å². The van der Waals surface area contributed by atoms with E-state index in [1.165, 1.54) is 0 Å². The van der Waals surface area contributed by atoms with Gasteiger partial charge in [-0.25, -0.2) is 4.98 Å². The molecule has 0 amide bonds. The van der Waals surface area contributed by atoms with Gasteiger partial charge in [0.15, 0.2) is 5.82 Å². The molecular weight excluding hydrogens is 248 g/mol. The fraction of sp³-hybridized carbons (Fsp3) is 0.154. The van der Waals surface area contributed by atoms with E-state index in [0.717, 1.165) is 22.8 Å². The van der Waals surface area contributed by atoms with E-state index < -0.39 is 0 Å². The van der Waals surface area contributed by atoms with Gasteiger partial charge in [-0.2, -0.15) is 0 Å². The van der Waals surface area contributed by atoms with Crippen molar-refractivity contribution in [2.24, 2.45) is 0 Å². The van der Waals surface area contributed by atoms with Crippen molar-refractivity contribution >= 4 is 17.4 Å². The predicted molar refractivity (Wildman–Crippen MR) is 70.7 cm³/mol. The molecule has 18 heavy (non-hydrogen) atoms. The molecule has 0 aliphatic heterocycles. The highest BCUT2D eigenvalue weighted by Gasteiger charge is 2.11. The summed E-state index contributed by atoms with van der Waals surface area (Å²) in [4.78, 5) is 4.36. The Hall–Kier alpha value is -1.94. The minimum absolute atomic E-state index is 0.623. The molecule has 0 spiro atoms. The van der Waals surface area contributed by atoms with Crippen LogP contribution in [0.15, 0.2) is 30.3 Å². The summed E-state index contributed by atoms with van der Waals surface area (Å²) in [5.74, 6) is 1.41. The number of benzene rings is 1. The molecule has 0 unspecified atom stereocenters. The van der Waals surface area contributed by atoms with Gasteiger partial charge in [-0.3, -0.25) is 4.40 Å². The average molecular weight is 259 g/mol. The van der Waals surface area contributed by atoms with Crippen LogP contribution in [0.4, 0.5) is 0 Å². The van der Waals surface area contributed by atoms with Gasteiger partial charge in [0.25, 0.3) is 5.78 Å². The molecule has 0 bridgehead atoms. The van der Waals surface area contributed by atoms with Crippen molar-refractivity contribution in [2.75, 3.05) is 0 Å². The highest BCUT2D eigenvalue weighted by molar-refractivity contribution is 6.30. The SMILES string of the molecule is Cc1cc(C)n2c(-c3ccc(Cl)cc3)nnc2n1. The maximum absolute atomic E-state index is 5.89. The van der Waals surface area contributed by atoms with Crippen LogP contribution in [0.1, 0.15) is 11.4 Å². The van der Waals surface area contributed by atoms with Crippen LogP contribution in [0.3, 0.4) is 0 Å². The highest BCUT2D eigenvalue weighted by Crippen LogP contribution is 2.21. The van der Waals surface area contributed by atoms with Gasteiger partial charge >= 0.3 is 0 Å². The Kier molecular flexibility index (Phi) is 2.52. The van der Waals surface area contributed by atoms with E-state index in [1.54, 1.807) is 0 Å². The molecule has 90 valence electrons. The number of fused-ring (bicyclic) bond motifs is 1. The van der Waals surface area contributed by atoms with Gasteiger partial charge < -0.3 is 0 Å². The van der Waals surface area contributed by atoms with Gasteiger partial charge in [0.1, 0.15) is 0 Å². The summed E-state index contributed by atoms with van der Waals surface area (Å²) in [5, 5.41) is 9.02. The number of halogens is 1. The number of hydrogen-bond acceptors (Lipinski definition) is 3. The van der Waals surface area contributed by atoms with Crippen molar-refractivity contribution in [3.05, 3.63) is 46.7 Å². The minimum atomic E-state index is 0.623. The van der Waals surface area contributed by atoms with Crippen LogP contribution in [0.25, 0.3) is 17.2 Å². The standard InChI is InChI=1S/C13H11ClN4/c1-8-7-9(2)18-12(16-17-13(18)15-8)10-3-5-11(14)6-4-10/h3-7H,1-2H3. The molecule has 3 aromatic rings. The first-order valence-corrected chi connectivity index (χ1v) is 5.98. The summed E-state index contributed by atoms with van der Waals surface area (Å²) in [5.41, 5.74) is 2.98. The fourth-order valence-electron chi connectivity index (χ4n) is 2.02. The first-order valence-electron chi connectivity index (χ1n) is 5.60. The largest absolute Gasteiger partial charge is 0.264 e. The van der Waals surface area contributed by atoms with Gasteiger partial charge in [0, 0.05) is 22.0 Å². The zero-order valence-corrected chi connectivity index (χ0v) is 10.8. The molecular formula is C13H11ClN4. The Labute approximate surface area is 109 Å². The summed E-state index contributed by atoms with van der Waals surface area (Å²) in [6, 6.07) is 9.55. The third-order valence-corrected chi connectivity index (χ3v) is 3.05. The molecule has 0 aliphatic rings. The number of aromatic nitrogens is 4. The van der Waals surface area contributed by atoms with E-state index in [-0.39, 0.29) is 0 Å². The van der Waals surface area contributed by atoms with Gasteiger partial charge in [0.05, 0.1) is 0 Å². The maximum Gasteiger partial charge on any atom is 0.255 e. The smallest absolute Gasteiger partial charge is 0.255 e. The Morgan fingerprint density at radius 3 is 2.50 bits per heavy atom. The van der Waals surface area contributed by atoms with E-state index in [0.29, 0.717) is 10.8 Å². The monoisotopic (exact) mass is 258 g/mol. The molecule has 0 N–H and O–H groups in total. The van der Waals surface area contributed by atoms with E-state index in [2.05, 4.69) is 15.2 Å². The molecule has 4 nitrogen and oxygen atoms in total. The highest BCUT2D eigenvalue weighted by atomic mass is 35.5. The lowest BCUT2D eigenvalue weighted by Gasteiger charge is -2.04. The lowest BCUT2D eigenvalue weighted by atomic mass is 10.2. The summed E-state index contributed by atoms with van der Waals surface area (Å²) in [6.45, 7) is 3.97. The zero-order valence-electron chi connectivity index (χ0n) is 10.1. The third kappa shape index (κ3) is 1.75. The molecule has 2 aromatic heterocycles. The van der Waals surface area contributed by atoms with E-state index >= 15 is 0 Å². The Bertz CT molecular complexity index is 716. The minimum Gasteiger partial charge on any atom is -0.264 e. The van der Waals surface area contributed by atoms with Crippen molar-refractivity contribution in [1.82, 2.24) is 19.6 Å². The van der Waals surface area contributed by atoms with Gasteiger partial charge in [-0.1, -0.05) is 11.6 Å². The molecule has 0 saturated carbocycles. The quantitative estimate of drug-likeness (QED) is 0.674. The molecule has 5 heteroatoms. The number of aryl methyl sites for hydroxylation is 2. The van der Waals surface area contributed by atoms with Crippen molar-refractivity contribution in [3.8, 4) is 11.4 Å². The van der Waals surface area contributed by atoms with Crippen LogP contribution in [-0.2, 0) is 0 Å². The molecule has 0 saturated heterocycles. The van der Waals surface area contributed by atoms with Crippen LogP contribution in [0.5, 0.6) is 0 Å². The van der Waals surface area contributed by atoms with Crippen molar-refractivity contribution in [3.63, 3.8) is 0 Å². The lowest BCUT2D eigenvalue weighted by Crippen LogP contribution is -1.98. The molecule has 0 atom stereocenters. The van der Waals surface area contributed by atoms with Gasteiger partial charge in [-0.05, 0) is 44.2 Å². The van der Waals surface area contributed by atoms with E-state index in [1.807, 2.05) is 48.6 Å². The van der Waals surface area contributed by atoms with Gasteiger partial charge in [-0.15, -0.1) is 10.2 Å². The lowest BCUT2D eigenvalue weighted by molar-refractivity contribution is 1.02. The first-order chi connectivity index (χ1) is 8.65. The van der Waals surface area contributed by atoms with Crippen molar-refractivity contribution < 1.29 is 0 Å². The molecule has 2 heterocycles. The Morgan fingerprint density at radius 1 is 1.06 bits per heavy atom. The second-order valence-corrected chi connectivity index (χ2v) is 4.64. The molecule has 1 aromatic carbocycles. The fourth-order valence-corrected chi connectivity index (χ4v) is 2.14. The van der Waals surface area contributed by atoms with Crippen molar-refractivity contribution in [2.45, 2.75) is 13.8 Å². The summed E-state index contributed by atoms with van der Waals surface area (Å²) in [7, 11) is 0. The van der Waals surface area contributed by atoms with E-state index in [4.69, 9.17) is 11.6 Å². The molecule has 0 fully saturated rings. The summed E-state index contributed by atoms with van der Waals surface area (Å²) >= 11 is 5.89. The Morgan fingerprint density at radius 2 is 1.78 bits per heavy atom.